The monoisotopic (exact) mass is 184 g/mol. The molecule has 4 nitrogen and oxygen atoms in total. The van der Waals surface area contributed by atoms with Gasteiger partial charge in [-0.3, -0.25) is 5.10 Å². The van der Waals surface area contributed by atoms with E-state index in [-0.39, 0.29) is 5.69 Å². The Balaban J connectivity index is 3.19. The third-order valence-corrected chi connectivity index (χ3v) is 1.61. The molecule has 64 valence electrons. The SMILES string of the molecule is COC(=O)c1n[nH]c(C)cc1=S. The highest BCUT2D eigenvalue weighted by Gasteiger charge is 2.08. The first kappa shape index (κ1) is 8.86. The van der Waals surface area contributed by atoms with Gasteiger partial charge in [0.1, 0.15) is 0 Å². The van der Waals surface area contributed by atoms with E-state index in [0.29, 0.717) is 4.51 Å². The second-order valence-corrected chi connectivity index (χ2v) is 2.70. The summed E-state index contributed by atoms with van der Waals surface area (Å²) in [5, 5.41) is 6.38. The molecule has 1 aromatic heterocycles. The van der Waals surface area contributed by atoms with Crippen molar-refractivity contribution in [1.82, 2.24) is 10.2 Å². The number of carbonyl (C=O) groups is 1. The van der Waals surface area contributed by atoms with Crippen LogP contribution in [0.1, 0.15) is 16.2 Å². The van der Waals surface area contributed by atoms with Gasteiger partial charge in [0, 0.05) is 5.69 Å². The lowest BCUT2D eigenvalue weighted by Gasteiger charge is -1.98. The van der Waals surface area contributed by atoms with E-state index in [2.05, 4.69) is 14.9 Å². The quantitative estimate of drug-likeness (QED) is 0.527. The van der Waals surface area contributed by atoms with Crippen molar-refractivity contribution in [2.75, 3.05) is 7.11 Å². The zero-order valence-corrected chi connectivity index (χ0v) is 7.57. The zero-order valence-electron chi connectivity index (χ0n) is 6.75. The largest absolute Gasteiger partial charge is 0.464 e. The minimum atomic E-state index is -0.517. The summed E-state index contributed by atoms with van der Waals surface area (Å²) in [6.07, 6.45) is 0. The van der Waals surface area contributed by atoms with Gasteiger partial charge in [-0.15, -0.1) is 0 Å². The topological polar surface area (TPSA) is 55.0 Å². The van der Waals surface area contributed by atoms with Crippen LogP contribution >= 0.6 is 12.2 Å². The van der Waals surface area contributed by atoms with Crippen molar-refractivity contribution in [3.05, 3.63) is 22.0 Å². The molecule has 1 aromatic rings. The predicted octanol–water partition coefficient (Wildman–Crippen LogP) is 1.23. The molecule has 0 unspecified atom stereocenters. The molecule has 1 rings (SSSR count). The molecule has 0 amide bonds. The fraction of sp³-hybridized carbons (Fsp3) is 0.286. The lowest BCUT2D eigenvalue weighted by Crippen LogP contribution is -2.06. The number of nitrogens with one attached hydrogen (secondary N) is 1. The molecule has 0 aromatic carbocycles. The number of H-pyrrole nitrogens is 1. The van der Waals surface area contributed by atoms with Crippen LogP contribution in [0.3, 0.4) is 0 Å². The van der Waals surface area contributed by atoms with Crippen LogP contribution < -0.4 is 0 Å². The van der Waals surface area contributed by atoms with Crippen molar-refractivity contribution in [2.24, 2.45) is 0 Å². The standard InChI is InChI=1S/C7H8N2O2S/c1-4-3-5(12)6(9-8-4)7(10)11-2/h3H,1-2H3,(H,8,12). The van der Waals surface area contributed by atoms with Crippen LogP contribution in [0, 0.1) is 11.4 Å². The third-order valence-electron chi connectivity index (χ3n) is 1.30. The maximum absolute atomic E-state index is 11.0. The summed E-state index contributed by atoms with van der Waals surface area (Å²) in [6.45, 7) is 1.81. The number of carbonyl (C=O) groups excluding carboxylic acids is 1. The molecule has 0 spiro atoms. The van der Waals surface area contributed by atoms with Gasteiger partial charge in [-0.1, -0.05) is 12.2 Å². The molecule has 0 aliphatic rings. The van der Waals surface area contributed by atoms with Crippen LogP contribution in [0.2, 0.25) is 0 Å². The van der Waals surface area contributed by atoms with Gasteiger partial charge in [0.05, 0.1) is 11.6 Å². The number of hydrogen-bond acceptors (Lipinski definition) is 4. The first-order valence-electron chi connectivity index (χ1n) is 3.30. The zero-order chi connectivity index (χ0) is 9.14. The minimum Gasteiger partial charge on any atom is -0.464 e. The fourth-order valence-corrected chi connectivity index (χ4v) is 1.05. The van der Waals surface area contributed by atoms with Crippen molar-refractivity contribution >= 4 is 18.2 Å². The van der Waals surface area contributed by atoms with Gasteiger partial charge in [0.15, 0.2) is 5.69 Å². The Bertz CT molecular complexity index is 359. The molecule has 0 atom stereocenters. The average molecular weight is 184 g/mol. The number of esters is 1. The first-order valence-corrected chi connectivity index (χ1v) is 3.70. The summed E-state index contributed by atoms with van der Waals surface area (Å²) in [5.41, 5.74) is 0.964. The second-order valence-electron chi connectivity index (χ2n) is 2.26. The second kappa shape index (κ2) is 3.44. The number of aromatic amines is 1. The van der Waals surface area contributed by atoms with Gasteiger partial charge in [0.2, 0.25) is 0 Å². The molecule has 0 bridgehead atoms. The molecule has 5 heteroatoms. The summed E-state index contributed by atoms with van der Waals surface area (Å²) >= 11 is 4.90. The van der Waals surface area contributed by atoms with E-state index in [4.69, 9.17) is 12.2 Å². The van der Waals surface area contributed by atoms with Gasteiger partial charge < -0.3 is 4.74 Å². The normalized spacial score (nSPS) is 9.50. The number of rotatable bonds is 1. The van der Waals surface area contributed by atoms with E-state index >= 15 is 0 Å². The predicted molar refractivity (Wildman–Crippen MR) is 45.5 cm³/mol. The highest BCUT2D eigenvalue weighted by atomic mass is 32.1. The Labute approximate surface area is 74.6 Å². The smallest absolute Gasteiger partial charge is 0.360 e. The molecule has 1 N–H and O–H groups in total. The fourth-order valence-electron chi connectivity index (χ4n) is 0.739. The first-order chi connectivity index (χ1) is 5.65. The van der Waals surface area contributed by atoms with Gasteiger partial charge in [-0.05, 0) is 13.0 Å². The van der Waals surface area contributed by atoms with Crippen molar-refractivity contribution in [2.45, 2.75) is 6.92 Å². The summed E-state index contributed by atoms with van der Waals surface area (Å²) in [6, 6.07) is 1.66. The van der Waals surface area contributed by atoms with Crippen molar-refractivity contribution < 1.29 is 9.53 Å². The van der Waals surface area contributed by atoms with Crippen molar-refractivity contribution in [3.63, 3.8) is 0 Å². The number of hydrogen-bond donors (Lipinski definition) is 1. The number of ether oxygens (including phenoxy) is 1. The summed E-state index contributed by atoms with van der Waals surface area (Å²) < 4.78 is 4.87. The molecule has 12 heavy (non-hydrogen) atoms. The van der Waals surface area contributed by atoms with E-state index in [1.54, 1.807) is 6.07 Å². The minimum absolute atomic E-state index is 0.151. The number of aromatic nitrogens is 2. The molecular weight excluding hydrogens is 176 g/mol. The van der Waals surface area contributed by atoms with Crippen LogP contribution in [0.15, 0.2) is 6.07 Å². The van der Waals surface area contributed by atoms with Gasteiger partial charge in [-0.25, -0.2) is 4.79 Å². The molecule has 0 fully saturated rings. The van der Waals surface area contributed by atoms with E-state index in [1.807, 2.05) is 6.92 Å². The van der Waals surface area contributed by atoms with Crippen LogP contribution in [0.4, 0.5) is 0 Å². The maximum atomic E-state index is 11.0. The Kier molecular flexibility index (Phi) is 2.54. The van der Waals surface area contributed by atoms with Crippen molar-refractivity contribution in [1.29, 1.82) is 0 Å². The summed E-state index contributed by atoms with van der Waals surface area (Å²) in [5.74, 6) is -0.517. The van der Waals surface area contributed by atoms with Gasteiger partial charge in [-0.2, -0.15) is 5.10 Å². The lowest BCUT2D eigenvalue weighted by molar-refractivity contribution is 0.0592. The molecule has 0 radical (unpaired) electrons. The Morgan fingerprint density at radius 3 is 2.92 bits per heavy atom. The Hall–Kier alpha value is -1.23. The molecular formula is C7H8N2O2S. The molecule has 0 saturated carbocycles. The number of nitrogens with zero attached hydrogens (tertiary/aromatic N) is 1. The van der Waals surface area contributed by atoms with Crippen molar-refractivity contribution in [3.8, 4) is 0 Å². The third kappa shape index (κ3) is 1.68. The molecule has 1 heterocycles. The van der Waals surface area contributed by atoms with E-state index < -0.39 is 5.97 Å². The van der Waals surface area contributed by atoms with E-state index in [0.717, 1.165) is 5.69 Å². The number of aryl methyl sites for hydroxylation is 1. The van der Waals surface area contributed by atoms with E-state index in [9.17, 15) is 4.79 Å². The Morgan fingerprint density at radius 2 is 2.42 bits per heavy atom. The maximum Gasteiger partial charge on any atom is 0.360 e. The average Bonchev–Trinajstić information content (AvgIpc) is 2.03. The lowest BCUT2D eigenvalue weighted by atomic mass is 10.3. The summed E-state index contributed by atoms with van der Waals surface area (Å²) in [7, 11) is 1.29. The molecule has 0 aliphatic carbocycles. The molecule has 0 aliphatic heterocycles. The van der Waals surface area contributed by atoms with E-state index in [1.165, 1.54) is 7.11 Å². The number of methoxy groups -OCH3 is 1. The Morgan fingerprint density at radius 1 is 1.75 bits per heavy atom. The highest BCUT2D eigenvalue weighted by Crippen LogP contribution is 2.00. The van der Waals surface area contributed by atoms with Gasteiger partial charge >= 0.3 is 5.97 Å². The highest BCUT2D eigenvalue weighted by molar-refractivity contribution is 7.71. The van der Waals surface area contributed by atoms with Crippen LogP contribution in [-0.4, -0.2) is 23.3 Å². The summed E-state index contributed by atoms with van der Waals surface area (Å²) in [4.78, 5) is 11.0. The van der Waals surface area contributed by atoms with Crippen LogP contribution in [0.25, 0.3) is 0 Å². The van der Waals surface area contributed by atoms with Gasteiger partial charge in [0.25, 0.3) is 0 Å². The van der Waals surface area contributed by atoms with Crippen LogP contribution in [0.5, 0.6) is 0 Å². The van der Waals surface area contributed by atoms with Crippen LogP contribution in [-0.2, 0) is 4.74 Å². The molecule has 0 saturated heterocycles.